The molecule has 1 rings (SSSR count). The van der Waals surface area contributed by atoms with E-state index in [1.54, 1.807) is 37.3 Å². The molecule has 1 unspecified atom stereocenters. The highest BCUT2D eigenvalue weighted by atomic mass is 35.5. The van der Waals surface area contributed by atoms with E-state index in [2.05, 4.69) is 4.51 Å². The van der Waals surface area contributed by atoms with Gasteiger partial charge in [0.25, 0.3) is 0 Å². The maximum Gasteiger partial charge on any atom is 0.341 e. The monoisotopic (exact) mass is 301 g/mol. The van der Waals surface area contributed by atoms with Gasteiger partial charge in [-0.2, -0.15) is 4.51 Å². The van der Waals surface area contributed by atoms with Gasteiger partial charge in [0.05, 0.1) is 6.61 Å². The molecule has 1 atom stereocenters. The zero-order chi connectivity index (χ0) is 14.5. The molecule has 0 bridgehead atoms. The van der Waals surface area contributed by atoms with Gasteiger partial charge >= 0.3 is 5.97 Å². The molecule has 6 heteroatoms. The van der Waals surface area contributed by atoms with E-state index in [1.807, 2.05) is 0 Å². The van der Waals surface area contributed by atoms with Gasteiger partial charge < -0.3 is 4.74 Å². The van der Waals surface area contributed by atoms with E-state index in [-0.39, 0.29) is 12.3 Å². The van der Waals surface area contributed by atoms with E-state index in [0.717, 1.165) is 0 Å². The van der Waals surface area contributed by atoms with Gasteiger partial charge in [-0.3, -0.25) is 4.79 Å². The number of esters is 1. The highest BCUT2D eigenvalue weighted by Crippen LogP contribution is 2.26. The number of carbonyl (C=O) groups excluding carboxylic acids is 2. The van der Waals surface area contributed by atoms with E-state index < -0.39 is 16.6 Å². The Kier molecular flexibility index (Phi) is 5.51. The van der Waals surface area contributed by atoms with E-state index in [9.17, 15) is 9.59 Å². The standard InChI is InChI=1S/C13H13Cl2NO3/c1-3-19-12(18)13(14,9(2)17)11(16-15)10-7-5-4-6-8-10/h4-8H,3H2,1-2H3/b16-11+. The van der Waals surface area contributed by atoms with Crippen LogP contribution in [0.1, 0.15) is 19.4 Å². The van der Waals surface area contributed by atoms with Gasteiger partial charge in [0.15, 0.2) is 5.78 Å². The lowest BCUT2D eigenvalue weighted by Crippen LogP contribution is -2.48. The summed E-state index contributed by atoms with van der Waals surface area (Å²) in [5.41, 5.74) is 0.443. The largest absolute Gasteiger partial charge is 0.464 e. The number of rotatable bonds is 5. The van der Waals surface area contributed by atoms with Crippen LogP contribution in [0.15, 0.2) is 34.8 Å². The van der Waals surface area contributed by atoms with Crippen LogP contribution in [0.3, 0.4) is 0 Å². The van der Waals surface area contributed by atoms with Crippen molar-refractivity contribution >= 4 is 40.8 Å². The molecule has 1 aromatic carbocycles. The Labute approximate surface area is 121 Å². The lowest BCUT2D eigenvalue weighted by Gasteiger charge is -2.23. The van der Waals surface area contributed by atoms with Crippen LogP contribution in [0.5, 0.6) is 0 Å². The molecule has 1 aromatic rings. The van der Waals surface area contributed by atoms with Crippen molar-refractivity contribution in [1.82, 2.24) is 0 Å². The molecule has 19 heavy (non-hydrogen) atoms. The summed E-state index contributed by atoms with van der Waals surface area (Å²) in [5, 5.41) is 0. The average molecular weight is 302 g/mol. The van der Waals surface area contributed by atoms with E-state index in [1.165, 1.54) is 6.92 Å². The van der Waals surface area contributed by atoms with Crippen molar-refractivity contribution in [3.63, 3.8) is 0 Å². The van der Waals surface area contributed by atoms with Gasteiger partial charge in [0.2, 0.25) is 4.87 Å². The molecule has 0 saturated heterocycles. The number of ketones is 1. The second kappa shape index (κ2) is 6.68. The summed E-state index contributed by atoms with van der Waals surface area (Å²) in [7, 11) is 0. The lowest BCUT2D eigenvalue weighted by atomic mass is 9.92. The number of ether oxygens (including phenoxy) is 1. The third-order valence-electron chi connectivity index (χ3n) is 2.50. The summed E-state index contributed by atoms with van der Waals surface area (Å²) in [5.74, 6) is -1.48. The molecular weight excluding hydrogens is 289 g/mol. The summed E-state index contributed by atoms with van der Waals surface area (Å²) in [4.78, 5) is 21.7. The van der Waals surface area contributed by atoms with Gasteiger partial charge in [-0.05, 0) is 13.8 Å². The summed E-state index contributed by atoms with van der Waals surface area (Å²) in [6.45, 7) is 2.91. The van der Waals surface area contributed by atoms with Crippen LogP contribution in [-0.4, -0.2) is 28.9 Å². The first-order chi connectivity index (χ1) is 8.98. The molecular formula is C13H13Cl2NO3. The van der Waals surface area contributed by atoms with Crippen LogP contribution in [0, 0.1) is 0 Å². The zero-order valence-corrected chi connectivity index (χ0v) is 12.0. The summed E-state index contributed by atoms with van der Waals surface area (Å²) >= 11 is 11.7. The minimum Gasteiger partial charge on any atom is -0.464 e. The first kappa shape index (κ1) is 15.7. The molecule has 102 valence electrons. The number of alkyl halides is 1. The fourth-order valence-corrected chi connectivity index (χ4v) is 2.01. The van der Waals surface area contributed by atoms with Crippen molar-refractivity contribution in [1.29, 1.82) is 0 Å². The molecule has 0 spiro atoms. The molecule has 0 radical (unpaired) electrons. The number of hydrogen-bond acceptors (Lipinski definition) is 4. The van der Waals surface area contributed by atoms with Crippen molar-refractivity contribution < 1.29 is 14.3 Å². The fourth-order valence-electron chi connectivity index (χ4n) is 1.54. The van der Waals surface area contributed by atoms with Crippen LogP contribution >= 0.6 is 23.4 Å². The summed E-state index contributed by atoms with van der Waals surface area (Å²) in [6, 6.07) is 8.53. The molecule has 4 nitrogen and oxygen atoms in total. The van der Waals surface area contributed by atoms with Crippen molar-refractivity contribution in [2.24, 2.45) is 4.51 Å². The highest BCUT2D eigenvalue weighted by Gasteiger charge is 2.48. The van der Waals surface area contributed by atoms with Gasteiger partial charge in [-0.1, -0.05) is 41.9 Å². The first-order valence-corrected chi connectivity index (χ1v) is 6.32. The Morgan fingerprint density at radius 1 is 1.32 bits per heavy atom. The molecule has 0 aliphatic heterocycles. The van der Waals surface area contributed by atoms with E-state index in [4.69, 9.17) is 28.1 Å². The number of halogens is 2. The summed E-state index contributed by atoms with van der Waals surface area (Å²) in [6.07, 6.45) is 0. The maximum absolute atomic E-state index is 12.0. The second-order valence-corrected chi connectivity index (χ2v) is 4.47. The molecule has 0 fully saturated rings. The molecule has 0 aliphatic rings. The third-order valence-corrected chi connectivity index (χ3v) is 3.27. The molecule has 0 heterocycles. The smallest absolute Gasteiger partial charge is 0.341 e. The number of Topliss-reactive ketones (excluding diaryl/α,β-unsaturated/α-hetero) is 1. The quantitative estimate of drug-likeness (QED) is 0.364. The Hall–Kier alpha value is -1.39. The number of nitrogens with zero attached hydrogens (tertiary/aromatic N) is 1. The SMILES string of the molecule is CCOC(=O)C(Cl)(C(C)=O)/C(=N/Cl)c1ccccc1. The molecule has 0 amide bonds. The minimum atomic E-state index is -2.03. The van der Waals surface area contributed by atoms with Crippen LogP contribution in [0.25, 0.3) is 0 Å². The lowest BCUT2D eigenvalue weighted by molar-refractivity contribution is -0.146. The van der Waals surface area contributed by atoms with E-state index >= 15 is 0 Å². The van der Waals surface area contributed by atoms with Crippen LogP contribution in [0.2, 0.25) is 0 Å². The van der Waals surface area contributed by atoms with Gasteiger partial charge in [-0.15, -0.1) is 0 Å². The van der Waals surface area contributed by atoms with Crippen LogP contribution < -0.4 is 0 Å². The highest BCUT2D eigenvalue weighted by molar-refractivity contribution is 6.60. The van der Waals surface area contributed by atoms with Crippen molar-refractivity contribution in [2.45, 2.75) is 18.7 Å². The Bertz CT molecular complexity index is 502. The van der Waals surface area contributed by atoms with Crippen molar-refractivity contribution in [3.05, 3.63) is 35.9 Å². The predicted octanol–water partition coefficient (Wildman–Crippen LogP) is 2.76. The molecule has 0 N–H and O–H groups in total. The summed E-state index contributed by atoms with van der Waals surface area (Å²) < 4.78 is 8.33. The predicted molar refractivity (Wildman–Crippen MR) is 74.7 cm³/mol. The van der Waals surface area contributed by atoms with Crippen molar-refractivity contribution in [2.75, 3.05) is 6.61 Å². The first-order valence-electron chi connectivity index (χ1n) is 5.60. The maximum atomic E-state index is 12.0. The van der Waals surface area contributed by atoms with Crippen molar-refractivity contribution in [3.8, 4) is 0 Å². The Morgan fingerprint density at radius 3 is 2.32 bits per heavy atom. The normalized spacial score (nSPS) is 14.6. The third kappa shape index (κ3) is 3.14. The topological polar surface area (TPSA) is 55.7 Å². The van der Waals surface area contributed by atoms with Crippen LogP contribution in [0.4, 0.5) is 0 Å². The number of benzene rings is 1. The number of hydrogen-bond donors (Lipinski definition) is 0. The van der Waals surface area contributed by atoms with Crippen LogP contribution in [-0.2, 0) is 14.3 Å². The molecule has 0 saturated carbocycles. The Balaban J connectivity index is 3.32. The minimum absolute atomic E-state index is 0.0395. The second-order valence-electron chi connectivity index (χ2n) is 3.73. The van der Waals surface area contributed by atoms with Gasteiger partial charge in [-0.25, -0.2) is 4.79 Å². The number of carbonyl (C=O) groups is 2. The molecule has 0 aliphatic carbocycles. The molecule has 0 aromatic heterocycles. The Morgan fingerprint density at radius 2 is 1.89 bits per heavy atom. The van der Waals surface area contributed by atoms with Gasteiger partial charge in [0.1, 0.15) is 5.71 Å². The fraction of sp³-hybridized carbons (Fsp3) is 0.308. The van der Waals surface area contributed by atoms with Gasteiger partial charge in [0, 0.05) is 17.3 Å². The average Bonchev–Trinajstić information content (AvgIpc) is 2.40. The van der Waals surface area contributed by atoms with E-state index in [0.29, 0.717) is 5.56 Å². The zero-order valence-electron chi connectivity index (χ0n) is 10.5.